The summed E-state index contributed by atoms with van der Waals surface area (Å²) in [6.45, 7) is 9.50. The molecule has 20 heavy (non-hydrogen) atoms. The van der Waals surface area contributed by atoms with Crippen molar-refractivity contribution in [3.63, 3.8) is 0 Å². The SMILES string of the molecule is CC(C)CCC(C)NCCN1CCC(C(F)(F)F)CC1. The Morgan fingerprint density at radius 2 is 1.70 bits per heavy atom. The summed E-state index contributed by atoms with van der Waals surface area (Å²) in [4.78, 5) is 2.14. The van der Waals surface area contributed by atoms with E-state index in [9.17, 15) is 13.2 Å². The molecule has 0 aromatic carbocycles. The average molecular weight is 294 g/mol. The molecule has 5 heteroatoms. The van der Waals surface area contributed by atoms with Crippen molar-refractivity contribution < 1.29 is 13.2 Å². The van der Waals surface area contributed by atoms with E-state index in [2.05, 4.69) is 31.0 Å². The number of alkyl halides is 3. The lowest BCUT2D eigenvalue weighted by molar-refractivity contribution is -0.184. The maximum atomic E-state index is 12.5. The highest BCUT2D eigenvalue weighted by molar-refractivity contribution is 4.77. The van der Waals surface area contributed by atoms with Crippen molar-refractivity contribution in [2.24, 2.45) is 11.8 Å². The molecule has 0 spiro atoms. The molecule has 1 fully saturated rings. The third-order valence-electron chi connectivity index (χ3n) is 4.15. The quantitative estimate of drug-likeness (QED) is 0.770. The molecule has 120 valence electrons. The van der Waals surface area contributed by atoms with Gasteiger partial charge in [0.2, 0.25) is 0 Å². The molecule has 1 unspecified atom stereocenters. The molecule has 0 aromatic heterocycles. The van der Waals surface area contributed by atoms with Crippen LogP contribution in [0.25, 0.3) is 0 Å². The Morgan fingerprint density at radius 3 is 2.20 bits per heavy atom. The Hall–Kier alpha value is -0.290. The molecule has 0 bridgehead atoms. The monoisotopic (exact) mass is 294 g/mol. The first kappa shape index (κ1) is 17.8. The van der Waals surface area contributed by atoms with Gasteiger partial charge < -0.3 is 10.2 Å². The van der Waals surface area contributed by atoms with Crippen molar-refractivity contribution >= 4 is 0 Å². The summed E-state index contributed by atoms with van der Waals surface area (Å²) in [6.07, 6.45) is -1.12. The smallest absolute Gasteiger partial charge is 0.313 e. The fraction of sp³-hybridized carbons (Fsp3) is 1.00. The molecule has 0 radical (unpaired) electrons. The number of halogens is 3. The largest absolute Gasteiger partial charge is 0.391 e. The van der Waals surface area contributed by atoms with Gasteiger partial charge in [0, 0.05) is 19.1 Å². The lowest BCUT2D eigenvalue weighted by Gasteiger charge is -2.33. The average Bonchev–Trinajstić information content (AvgIpc) is 2.36. The van der Waals surface area contributed by atoms with E-state index in [0.29, 0.717) is 19.1 Å². The molecule has 1 rings (SSSR count). The fourth-order valence-corrected chi connectivity index (χ4v) is 2.64. The number of hydrogen-bond acceptors (Lipinski definition) is 2. The minimum Gasteiger partial charge on any atom is -0.313 e. The molecular formula is C15H29F3N2. The van der Waals surface area contributed by atoms with Gasteiger partial charge in [-0.1, -0.05) is 13.8 Å². The van der Waals surface area contributed by atoms with Crippen LogP contribution in [0.15, 0.2) is 0 Å². The zero-order chi connectivity index (χ0) is 15.2. The van der Waals surface area contributed by atoms with Crippen LogP contribution in [0.2, 0.25) is 0 Å². The zero-order valence-electron chi connectivity index (χ0n) is 13.0. The molecule has 2 nitrogen and oxygen atoms in total. The Labute approximate surface area is 121 Å². The molecule has 1 aliphatic rings. The van der Waals surface area contributed by atoms with Gasteiger partial charge in [0.25, 0.3) is 0 Å². The fourth-order valence-electron chi connectivity index (χ4n) is 2.64. The van der Waals surface area contributed by atoms with Crippen LogP contribution >= 0.6 is 0 Å². The number of rotatable bonds is 7. The normalized spacial score (nSPS) is 20.6. The molecule has 1 atom stereocenters. The lowest BCUT2D eigenvalue weighted by atomic mass is 9.96. The van der Waals surface area contributed by atoms with Gasteiger partial charge in [-0.3, -0.25) is 0 Å². The molecular weight excluding hydrogens is 265 g/mol. The van der Waals surface area contributed by atoms with Crippen molar-refractivity contribution in [3.05, 3.63) is 0 Å². The summed E-state index contributed by atoms with van der Waals surface area (Å²) >= 11 is 0. The van der Waals surface area contributed by atoms with Crippen molar-refractivity contribution in [2.75, 3.05) is 26.2 Å². The maximum absolute atomic E-state index is 12.5. The summed E-state index contributed by atoms with van der Waals surface area (Å²) in [5, 5.41) is 3.46. The second-order valence-electron chi connectivity index (χ2n) is 6.48. The summed E-state index contributed by atoms with van der Waals surface area (Å²) in [5.41, 5.74) is 0. The van der Waals surface area contributed by atoms with E-state index in [1.54, 1.807) is 0 Å². The van der Waals surface area contributed by atoms with E-state index in [1.807, 2.05) is 0 Å². The van der Waals surface area contributed by atoms with Gasteiger partial charge in [0.15, 0.2) is 0 Å². The zero-order valence-corrected chi connectivity index (χ0v) is 13.0. The van der Waals surface area contributed by atoms with Crippen molar-refractivity contribution in [3.8, 4) is 0 Å². The predicted molar refractivity (Wildman–Crippen MR) is 76.8 cm³/mol. The first-order chi connectivity index (χ1) is 9.29. The van der Waals surface area contributed by atoms with Crippen LogP contribution in [0, 0.1) is 11.8 Å². The van der Waals surface area contributed by atoms with Gasteiger partial charge in [0.05, 0.1) is 5.92 Å². The highest BCUT2D eigenvalue weighted by Crippen LogP contribution is 2.33. The lowest BCUT2D eigenvalue weighted by Crippen LogP contribution is -2.42. The Bertz CT molecular complexity index is 258. The van der Waals surface area contributed by atoms with Crippen LogP contribution in [0.3, 0.4) is 0 Å². The summed E-state index contributed by atoms with van der Waals surface area (Å²) < 4.78 is 37.6. The molecule has 0 saturated carbocycles. The van der Waals surface area contributed by atoms with E-state index in [1.165, 1.54) is 6.42 Å². The number of nitrogens with one attached hydrogen (secondary N) is 1. The second-order valence-corrected chi connectivity index (χ2v) is 6.48. The third-order valence-corrected chi connectivity index (χ3v) is 4.15. The van der Waals surface area contributed by atoms with E-state index in [4.69, 9.17) is 0 Å². The molecule has 1 heterocycles. The van der Waals surface area contributed by atoms with Crippen LogP contribution in [0.4, 0.5) is 13.2 Å². The summed E-state index contributed by atoms with van der Waals surface area (Å²) in [6, 6.07) is 0.491. The van der Waals surface area contributed by atoms with Gasteiger partial charge in [-0.25, -0.2) is 0 Å². The first-order valence-corrected chi connectivity index (χ1v) is 7.81. The van der Waals surface area contributed by atoms with E-state index >= 15 is 0 Å². The van der Waals surface area contributed by atoms with Gasteiger partial charge >= 0.3 is 6.18 Å². The van der Waals surface area contributed by atoms with Gasteiger partial charge in [-0.15, -0.1) is 0 Å². The number of likely N-dealkylation sites (tertiary alicyclic amines) is 1. The Kier molecular flexibility index (Phi) is 7.30. The van der Waals surface area contributed by atoms with Crippen molar-refractivity contribution in [1.82, 2.24) is 10.2 Å². The van der Waals surface area contributed by atoms with Gasteiger partial charge in [0.1, 0.15) is 0 Å². The Balaban J connectivity index is 2.10. The third kappa shape index (κ3) is 6.93. The second kappa shape index (κ2) is 8.23. The Morgan fingerprint density at radius 1 is 1.10 bits per heavy atom. The predicted octanol–water partition coefficient (Wildman–Crippen LogP) is 3.68. The van der Waals surface area contributed by atoms with Crippen LogP contribution < -0.4 is 5.32 Å². The van der Waals surface area contributed by atoms with Crippen LogP contribution in [0.5, 0.6) is 0 Å². The standard InChI is InChI=1S/C15H29F3N2/c1-12(2)4-5-13(3)19-8-11-20-9-6-14(7-10-20)15(16,17)18/h12-14,19H,4-11H2,1-3H3. The van der Waals surface area contributed by atoms with Crippen LogP contribution in [0.1, 0.15) is 46.5 Å². The van der Waals surface area contributed by atoms with Gasteiger partial charge in [-0.05, 0) is 51.6 Å². The van der Waals surface area contributed by atoms with Crippen LogP contribution in [-0.4, -0.2) is 43.3 Å². The molecule has 1 aliphatic heterocycles. The number of piperidine rings is 1. The minimum atomic E-state index is -4.00. The molecule has 0 aromatic rings. The van der Waals surface area contributed by atoms with Gasteiger partial charge in [-0.2, -0.15) is 13.2 Å². The van der Waals surface area contributed by atoms with Crippen molar-refractivity contribution in [2.45, 2.75) is 58.7 Å². The topological polar surface area (TPSA) is 15.3 Å². The van der Waals surface area contributed by atoms with E-state index in [0.717, 1.165) is 25.4 Å². The summed E-state index contributed by atoms with van der Waals surface area (Å²) in [5.74, 6) is -0.364. The molecule has 1 saturated heterocycles. The first-order valence-electron chi connectivity index (χ1n) is 7.81. The maximum Gasteiger partial charge on any atom is 0.391 e. The highest BCUT2D eigenvalue weighted by Gasteiger charge is 2.40. The molecule has 1 N–H and O–H groups in total. The van der Waals surface area contributed by atoms with E-state index in [-0.39, 0.29) is 12.8 Å². The van der Waals surface area contributed by atoms with Crippen LogP contribution in [-0.2, 0) is 0 Å². The van der Waals surface area contributed by atoms with E-state index < -0.39 is 12.1 Å². The number of hydrogen-bond donors (Lipinski definition) is 1. The molecule has 0 aliphatic carbocycles. The minimum absolute atomic E-state index is 0.256. The highest BCUT2D eigenvalue weighted by atomic mass is 19.4. The van der Waals surface area contributed by atoms with Crippen molar-refractivity contribution in [1.29, 1.82) is 0 Å². The number of nitrogens with zero attached hydrogens (tertiary/aromatic N) is 1. The molecule has 0 amide bonds. The summed E-state index contributed by atoms with van der Waals surface area (Å²) in [7, 11) is 0.